The van der Waals surface area contributed by atoms with Gasteiger partial charge in [0.25, 0.3) is 5.91 Å². The fourth-order valence-electron chi connectivity index (χ4n) is 2.50. The van der Waals surface area contributed by atoms with Crippen LogP contribution in [0.4, 0.5) is 5.69 Å². The number of hydrogen-bond donors (Lipinski definition) is 1. The first-order chi connectivity index (χ1) is 11.1. The van der Waals surface area contributed by atoms with Gasteiger partial charge in [-0.3, -0.25) is 4.79 Å². The van der Waals surface area contributed by atoms with Crippen LogP contribution in [0.15, 0.2) is 48.5 Å². The van der Waals surface area contributed by atoms with Crippen LogP contribution in [0.1, 0.15) is 26.5 Å². The minimum Gasteiger partial charge on any atom is -0.320 e. The molecule has 1 N–H and O–H groups in total. The zero-order valence-electron chi connectivity index (χ0n) is 13.4. The maximum Gasteiger partial charge on any atom is 0.275 e. The zero-order chi connectivity index (χ0) is 16.4. The molecule has 1 amide bonds. The average Bonchev–Trinajstić information content (AvgIpc) is 2.94. The van der Waals surface area contributed by atoms with E-state index >= 15 is 0 Å². The molecule has 1 heterocycles. The lowest BCUT2D eigenvalue weighted by atomic mass is 10.1. The van der Waals surface area contributed by atoms with Gasteiger partial charge < -0.3 is 5.32 Å². The van der Waals surface area contributed by atoms with Crippen LogP contribution in [0.2, 0.25) is 0 Å². The maximum atomic E-state index is 12.6. The summed E-state index contributed by atoms with van der Waals surface area (Å²) in [4.78, 5) is 18.1. The fraction of sp³-hybridized carbons (Fsp3) is 0.158. The molecule has 0 spiro atoms. The van der Waals surface area contributed by atoms with Gasteiger partial charge in [0.1, 0.15) is 10.7 Å². The van der Waals surface area contributed by atoms with Crippen LogP contribution in [0.5, 0.6) is 0 Å². The van der Waals surface area contributed by atoms with Crippen molar-refractivity contribution in [2.75, 3.05) is 5.32 Å². The number of hydrogen-bond acceptors (Lipinski definition) is 3. The number of nitrogens with one attached hydrogen (secondary N) is 1. The number of aryl methyl sites for hydroxylation is 3. The quantitative estimate of drug-likeness (QED) is 0.738. The molecule has 0 saturated heterocycles. The highest BCUT2D eigenvalue weighted by Gasteiger charge is 2.17. The summed E-state index contributed by atoms with van der Waals surface area (Å²) in [6.07, 6.45) is 0. The van der Waals surface area contributed by atoms with E-state index in [1.54, 1.807) is 11.3 Å². The summed E-state index contributed by atoms with van der Waals surface area (Å²) in [5.74, 6) is -0.154. The second kappa shape index (κ2) is 6.34. The number of para-hydroxylation sites is 1. The van der Waals surface area contributed by atoms with Crippen LogP contribution in [-0.2, 0) is 0 Å². The van der Waals surface area contributed by atoms with E-state index in [0.29, 0.717) is 5.69 Å². The standard InChI is InChI=1S/C19H18N2OS/c1-12-8-7-9-13(2)16(12)20-18(22)17-14(3)23-19(21-17)15-10-5-4-6-11-15/h4-11H,1-3H3,(H,20,22). The Hall–Kier alpha value is -2.46. The zero-order valence-corrected chi connectivity index (χ0v) is 14.2. The average molecular weight is 322 g/mol. The number of benzene rings is 2. The molecule has 0 radical (unpaired) electrons. The first-order valence-electron chi connectivity index (χ1n) is 7.46. The molecular formula is C19H18N2OS. The second-order valence-electron chi connectivity index (χ2n) is 5.51. The van der Waals surface area contributed by atoms with Gasteiger partial charge >= 0.3 is 0 Å². The Bertz CT molecular complexity index is 833. The third-order valence-electron chi connectivity index (χ3n) is 3.75. The molecule has 3 nitrogen and oxygen atoms in total. The van der Waals surface area contributed by atoms with Gasteiger partial charge in [-0.25, -0.2) is 4.98 Å². The van der Waals surface area contributed by atoms with Crippen LogP contribution in [0, 0.1) is 20.8 Å². The van der Waals surface area contributed by atoms with Crippen LogP contribution in [0.3, 0.4) is 0 Å². The summed E-state index contributed by atoms with van der Waals surface area (Å²) >= 11 is 1.54. The summed E-state index contributed by atoms with van der Waals surface area (Å²) in [6.45, 7) is 5.92. The molecule has 0 atom stereocenters. The molecule has 2 aromatic carbocycles. The number of anilines is 1. The van der Waals surface area contributed by atoms with Gasteiger partial charge in [-0.15, -0.1) is 11.3 Å². The van der Waals surface area contributed by atoms with Crippen molar-refractivity contribution >= 4 is 22.9 Å². The number of thiazole rings is 1. The molecule has 116 valence electrons. The number of carbonyl (C=O) groups excluding carboxylic acids is 1. The predicted molar refractivity (Wildman–Crippen MR) is 96.2 cm³/mol. The lowest BCUT2D eigenvalue weighted by Crippen LogP contribution is -2.15. The van der Waals surface area contributed by atoms with Gasteiger partial charge in [0, 0.05) is 16.1 Å². The van der Waals surface area contributed by atoms with Crippen molar-refractivity contribution in [3.63, 3.8) is 0 Å². The third-order valence-corrected chi connectivity index (χ3v) is 4.77. The lowest BCUT2D eigenvalue weighted by Gasteiger charge is -2.10. The van der Waals surface area contributed by atoms with E-state index in [4.69, 9.17) is 0 Å². The number of carbonyl (C=O) groups is 1. The lowest BCUT2D eigenvalue weighted by molar-refractivity contribution is 0.102. The van der Waals surface area contributed by atoms with Crippen LogP contribution >= 0.6 is 11.3 Å². The summed E-state index contributed by atoms with van der Waals surface area (Å²) in [6, 6.07) is 15.9. The highest BCUT2D eigenvalue weighted by Crippen LogP contribution is 2.28. The Kier molecular flexibility index (Phi) is 4.26. The van der Waals surface area contributed by atoms with E-state index in [1.807, 2.05) is 69.3 Å². The van der Waals surface area contributed by atoms with Crippen molar-refractivity contribution in [1.82, 2.24) is 4.98 Å². The van der Waals surface area contributed by atoms with Crippen molar-refractivity contribution in [2.45, 2.75) is 20.8 Å². The van der Waals surface area contributed by atoms with E-state index in [2.05, 4.69) is 10.3 Å². The predicted octanol–water partition coefficient (Wildman–Crippen LogP) is 4.99. The second-order valence-corrected chi connectivity index (χ2v) is 6.71. The Morgan fingerprint density at radius 2 is 1.61 bits per heavy atom. The highest BCUT2D eigenvalue weighted by atomic mass is 32.1. The van der Waals surface area contributed by atoms with Crippen molar-refractivity contribution in [3.05, 3.63) is 70.2 Å². The van der Waals surface area contributed by atoms with Gasteiger partial charge in [0.15, 0.2) is 0 Å². The fourth-order valence-corrected chi connectivity index (χ4v) is 3.41. The van der Waals surface area contributed by atoms with E-state index in [-0.39, 0.29) is 5.91 Å². The monoisotopic (exact) mass is 322 g/mol. The van der Waals surface area contributed by atoms with E-state index < -0.39 is 0 Å². The summed E-state index contributed by atoms with van der Waals surface area (Å²) in [5.41, 5.74) is 4.50. The molecule has 0 aliphatic carbocycles. The number of rotatable bonds is 3. The number of nitrogens with zero attached hydrogens (tertiary/aromatic N) is 1. The molecule has 0 bridgehead atoms. The van der Waals surface area contributed by atoms with Crippen molar-refractivity contribution < 1.29 is 4.79 Å². The van der Waals surface area contributed by atoms with Crippen LogP contribution in [-0.4, -0.2) is 10.9 Å². The van der Waals surface area contributed by atoms with Gasteiger partial charge in [-0.05, 0) is 31.9 Å². The SMILES string of the molecule is Cc1cccc(C)c1NC(=O)c1nc(-c2ccccc2)sc1C. The molecular weight excluding hydrogens is 304 g/mol. The molecule has 0 aliphatic heterocycles. The molecule has 3 aromatic rings. The minimum atomic E-state index is -0.154. The summed E-state index contributed by atoms with van der Waals surface area (Å²) in [5, 5.41) is 3.88. The molecule has 0 unspecified atom stereocenters. The van der Waals surface area contributed by atoms with E-state index in [0.717, 1.165) is 32.3 Å². The van der Waals surface area contributed by atoms with Crippen molar-refractivity contribution in [1.29, 1.82) is 0 Å². The smallest absolute Gasteiger partial charge is 0.275 e. The molecule has 0 aliphatic rings. The molecule has 4 heteroatoms. The first-order valence-corrected chi connectivity index (χ1v) is 8.28. The maximum absolute atomic E-state index is 12.6. The Morgan fingerprint density at radius 1 is 0.957 bits per heavy atom. The van der Waals surface area contributed by atoms with Gasteiger partial charge in [-0.1, -0.05) is 48.5 Å². The normalized spacial score (nSPS) is 10.6. The molecule has 23 heavy (non-hydrogen) atoms. The molecule has 1 aromatic heterocycles. The third kappa shape index (κ3) is 3.17. The summed E-state index contributed by atoms with van der Waals surface area (Å²) < 4.78 is 0. The van der Waals surface area contributed by atoms with Crippen LogP contribution < -0.4 is 5.32 Å². The first kappa shape index (κ1) is 15.4. The molecule has 0 fully saturated rings. The Balaban J connectivity index is 1.90. The molecule has 0 saturated carbocycles. The summed E-state index contributed by atoms with van der Waals surface area (Å²) in [7, 11) is 0. The Morgan fingerprint density at radius 3 is 2.26 bits per heavy atom. The Labute approximate surface area is 140 Å². The van der Waals surface area contributed by atoms with Gasteiger partial charge in [0.05, 0.1) is 0 Å². The van der Waals surface area contributed by atoms with Gasteiger partial charge in [-0.2, -0.15) is 0 Å². The van der Waals surface area contributed by atoms with E-state index in [9.17, 15) is 4.79 Å². The topological polar surface area (TPSA) is 42.0 Å². The molecule has 3 rings (SSSR count). The minimum absolute atomic E-state index is 0.154. The highest BCUT2D eigenvalue weighted by molar-refractivity contribution is 7.15. The van der Waals surface area contributed by atoms with E-state index in [1.165, 1.54) is 0 Å². The number of aromatic nitrogens is 1. The van der Waals surface area contributed by atoms with Crippen molar-refractivity contribution in [3.8, 4) is 10.6 Å². The van der Waals surface area contributed by atoms with Crippen LogP contribution in [0.25, 0.3) is 10.6 Å². The van der Waals surface area contributed by atoms with Crippen molar-refractivity contribution in [2.24, 2.45) is 0 Å². The van der Waals surface area contributed by atoms with Gasteiger partial charge in [0.2, 0.25) is 0 Å². The number of amides is 1. The largest absolute Gasteiger partial charge is 0.320 e.